The molecular weight excluding hydrogens is 532 g/mol. The highest BCUT2D eigenvalue weighted by Crippen LogP contribution is 2.51. The highest BCUT2D eigenvalue weighted by atomic mass is 35.5. The maximum atomic E-state index is 14.1. The molecule has 3 aromatic rings. The average molecular weight is 560 g/mol. The minimum atomic E-state index is -4.49. The summed E-state index contributed by atoms with van der Waals surface area (Å²) in [6, 6.07) is 12.8. The Balaban J connectivity index is 1.56. The molecular formula is C29H28ClF4N4O+. The predicted octanol–water partition coefficient (Wildman–Crippen LogP) is 6.46. The number of rotatable bonds is 5. The van der Waals surface area contributed by atoms with E-state index >= 15 is 0 Å². The van der Waals surface area contributed by atoms with Crippen LogP contribution in [0.2, 0.25) is 5.15 Å². The molecule has 2 aliphatic heterocycles. The first kappa shape index (κ1) is 27.3. The van der Waals surface area contributed by atoms with Crippen molar-refractivity contribution in [2.24, 2.45) is 0 Å². The fourth-order valence-corrected chi connectivity index (χ4v) is 5.98. The topological polar surface area (TPSA) is 54.0 Å². The molecule has 1 atom stereocenters. The van der Waals surface area contributed by atoms with Gasteiger partial charge in [0, 0.05) is 24.4 Å². The lowest BCUT2D eigenvalue weighted by Crippen LogP contribution is -2.60. The average Bonchev–Trinajstić information content (AvgIpc) is 3.18. The number of hydrogen-bond acceptors (Lipinski definition) is 3. The van der Waals surface area contributed by atoms with Gasteiger partial charge in [0.25, 0.3) is 0 Å². The summed E-state index contributed by atoms with van der Waals surface area (Å²) in [5.74, 6) is -0.354. The molecule has 0 saturated carbocycles. The number of hydrogen-bond donors (Lipinski definition) is 2. The summed E-state index contributed by atoms with van der Waals surface area (Å²) < 4.78 is 54.5. The van der Waals surface area contributed by atoms with E-state index in [1.54, 1.807) is 36.5 Å². The SMILES string of the molecule is O=C(NCc1ccnc(Cl)c1)[N+]1(C/C=C/c2ccc(F)cc2)CC2(CCNCC2)c2cc(C(F)(F)F)ccc21. The molecule has 2 amide bonds. The molecule has 39 heavy (non-hydrogen) atoms. The number of benzene rings is 2. The molecule has 2 aromatic carbocycles. The molecule has 0 bridgehead atoms. The molecule has 3 heterocycles. The van der Waals surface area contributed by atoms with Crippen molar-refractivity contribution in [3.8, 4) is 0 Å². The van der Waals surface area contributed by atoms with E-state index in [0.29, 0.717) is 48.9 Å². The molecule has 1 fully saturated rings. The summed E-state index contributed by atoms with van der Waals surface area (Å²) in [7, 11) is 0. The smallest absolute Gasteiger partial charge is 0.317 e. The summed E-state index contributed by atoms with van der Waals surface area (Å²) in [5.41, 5.74) is 1.36. The van der Waals surface area contributed by atoms with E-state index in [4.69, 9.17) is 11.6 Å². The van der Waals surface area contributed by atoms with E-state index in [2.05, 4.69) is 15.6 Å². The van der Waals surface area contributed by atoms with Crippen LogP contribution in [0, 0.1) is 5.82 Å². The normalized spacial score (nSPS) is 20.3. The molecule has 1 aromatic heterocycles. The fourth-order valence-electron chi connectivity index (χ4n) is 5.78. The second kappa shape index (κ2) is 10.7. The zero-order valence-corrected chi connectivity index (χ0v) is 21.8. The number of pyridine rings is 1. The monoisotopic (exact) mass is 559 g/mol. The van der Waals surface area contributed by atoms with Crippen molar-refractivity contribution in [1.82, 2.24) is 20.1 Å². The Morgan fingerprint density at radius 1 is 1.10 bits per heavy atom. The molecule has 1 saturated heterocycles. The number of piperidine rings is 1. The van der Waals surface area contributed by atoms with Gasteiger partial charge in [-0.05, 0) is 79.5 Å². The van der Waals surface area contributed by atoms with Gasteiger partial charge >= 0.3 is 12.2 Å². The molecule has 10 heteroatoms. The Hall–Kier alpha value is -3.27. The molecule has 204 valence electrons. The lowest BCUT2D eigenvalue weighted by molar-refractivity contribution is -0.137. The first-order valence-corrected chi connectivity index (χ1v) is 13.1. The Kier molecular flexibility index (Phi) is 7.50. The minimum Gasteiger partial charge on any atom is -0.317 e. The van der Waals surface area contributed by atoms with Crippen molar-refractivity contribution in [3.63, 3.8) is 0 Å². The predicted molar refractivity (Wildman–Crippen MR) is 144 cm³/mol. The van der Waals surface area contributed by atoms with E-state index in [1.165, 1.54) is 24.3 Å². The number of nitrogens with one attached hydrogen (secondary N) is 2. The summed E-state index contributed by atoms with van der Waals surface area (Å²) in [6.45, 7) is 2.04. The molecule has 2 N–H and O–H groups in total. The van der Waals surface area contributed by atoms with Crippen LogP contribution in [-0.2, 0) is 18.1 Å². The second-order valence-electron chi connectivity index (χ2n) is 10.2. The quantitative estimate of drug-likeness (QED) is 0.214. The van der Waals surface area contributed by atoms with Gasteiger partial charge in [0.05, 0.1) is 11.0 Å². The Labute approximate surface area is 229 Å². The largest absolute Gasteiger partial charge is 0.422 e. The van der Waals surface area contributed by atoms with E-state index in [-0.39, 0.29) is 29.4 Å². The lowest BCUT2D eigenvalue weighted by atomic mass is 9.74. The van der Waals surface area contributed by atoms with Gasteiger partial charge in [-0.3, -0.25) is 0 Å². The maximum Gasteiger partial charge on any atom is 0.422 e. The summed E-state index contributed by atoms with van der Waals surface area (Å²) in [6.07, 6.45) is 1.93. The van der Waals surface area contributed by atoms with Gasteiger partial charge in [-0.2, -0.15) is 13.2 Å². The molecule has 0 radical (unpaired) electrons. The van der Waals surface area contributed by atoms with Crippen LogP contribution in [0.5, 0.6) is 0 Å². The van der Waals surface area contributed by atoms with Crippen molar-refractivity contribution in [1.29, 1.82) is 0 Å². The summed E-state index contributed by atoms with van der Waals surface area (Å²) >= 11 is 6.01. The van der Waals surface area contributed by atoms with E-state index in [0.717, 1.165) is 17.2 Å². The summed E-state index contributed by atoms with van der Waals surface area (Å²) in [4.78, 5) is 18.0. The highest BCUT2D eigenvalue weighted by molar-refractivity contribution is 6.29. The van der Waals surface area contributed by atoms with Crippen LogP contribution in [-0.4, -0.2) is 37.2 Å². The van der Waals surface area contributed by atoms with Crippen LogP contribution in [0.1, 0.15) is 35.1 Å². The molecule has 5 nitrogen and oxygen atoms in total. The standard InChI is InChI=1S/C29H27ClF4N4O/c30-26-16-21(9-12-36-26)18-37-27(39)38(15-1-2-20-3-6-23(31)7-4-20)19-28(10-13-35-14-11-28)24-17-22(29(32,33)34)5-8-25(24)38/h1-9,12,16-17,35H,10-11,13-15,18-19H2/p+1/b2-1+. The Bertz CT molecular complexity index is 1390. The number of aromatic nitrogens is 1. The van der Waals surface area contributed by atoms with Gasteiger partial charge < -0.3 is 10.6 Å². The fraction of sp³-hybridized carbons (Fsp3) is 0.310. The number of halogens is 5. The first-order chi connectivity index (χ1) is 18.6. The van der Waals surface area contributed by atoms with E-state index in [1.807, 2.05) is 6.08 Å². The van der Waals surface area contributed by atoms with Crippen LogP contribution in [0.4, 0.5) is 28.0 Å². The van der Waals surface area contributed by atoms with Crippen LogP contribution in [0.3, 0.4) is 0 Å². The highest BCUT2D eigenvalue weighted by Gasteiger charge is 2.57. The van der Waals surface area contributed by atoms with Gasteiger partial charge in [-0.15, -0.1) is 0 Å². The van der Waals surface area contributed by atoms with Crippen LogP contribution in [0.25, 0.3) is 6.08 Å². The van der Waals surface area contributed by atoms with Crippen molar-refractivity contribution >= 4 is 29.4 Å². The van der Waals surface area contributed by atoms with Gasteiger partial charge in [-0.25, -0.2) is 18.7 Å². The number of alkyl halides is 3. The number of fused-ring (bicyclic) bond motifs is 2. The number of quaternary nitrogens is 1. The number of carbonyl (C=O) groups excluding carboxylic acids is 1. The zero-order chi connectivity index (χ0) is 27.7. The van der Waals surface area contributed by atoms with Crippen molar-refractivity contribution < 1.29 is 22.4 Å². The third-order valence-electron chi connectivity index (χ3n) is 7.71. The third kappa shape index (κ3) is 5.57. The molecule has 1 spiro atoms. The Morgan fingerprint density at radius 2 is 1.85 bits per heavy atom. The Morgan fingerprint density at radius 3 is 2.54 bits per heavy atom. The van der Waals surface area contributed by atoms with Gasteiger partial charge in [-0.1, -0.05) is 29.8 Å². The van der Waals surface area contributed by atoms with Crippen molar-refractivity contribution in [2.45, 2.75) is 31.0 Å². The minimum absolute atomic E-state index is 0.177. The second-order valence-corrected chi connectivity index (χ2v) is 10.6. The van der Waals surface area contributed by atoms with Gasteiger partial charge in [0.15, 0.2) is 0 Å². The maximum absolute atomic E-state index is 14.1. The lowest BCUT2D eigenvalue weighted by Gasteiger charge is -2.36. The van der Waals surface area contributed by atoms with Crippen molar-refractivity contribution in [2.75, 3.05) is 26.2 Å². The molecule has 5 rings (SSSR count). The zero-order valence-electron chi connectivity index (χ0n) is 21.1. The first-order valence-electron chi connectivity index (χ1n) is 12.7. The summed E-state index contributed by atoms with van der Waals surface area (Å²) in [5, 5.41) is 6.59. The van der Waals surface area contributed by atoms with Crippen LogP contribution in [0.15, 0.2) is 66.9 Å². The number of carbonyl (C=O) groups is 1. The van der Waals surface area contributed by atoms with Gasteiger partial charge in [0.2, 0.25) is 0 Å². The molecule has 1 unspecified atom stereocenters. The van der Waals surface area contributed by atoms with Crippen LogP contribution < -0.4 is 15.1 Å². The number of nitrogens with zero attached hydrogens (tertiary/aromatic N) is 2. The van der Waals surface area contributed by atoms with Crippen LogP contribution >= 0.6 is 11.6 Å². The number of amides is 2. The van der Waals surface area contributed by atoms with E-state index < -0.39 is 17.2 Å². The molecule has 2 aliphatic rings. The van der Waals surface area contributed by atoms with Crippen molar-refractivity contribution in [3.05, 3.63) is 100 Å². The van der Waals surface area contributed by atoms with E-state index in [9.17, 15) is 22.4 Å². The molecule has 0 aliphatic carbocycles. The number of urea groups is 1. The van der Waals surface area contributed by atoms with Gasteiger partial charge in [0.1, 0.15) is 29.7 Å². The third-order valence-corrected chi connectivity index (χ3v) is 7.92.